The maximum absolute atomic E-state index is 12.7. The molecule has 0 amide bonds. The van der Waals surface area contributed by atoms with Crippen molar-refractivity contribution in [1.29, 1.82) is 0 Å². The molecule has 2 aromatic heterocycles. The number of nitrogens with zero attached hydrogens (tertiary/aromatic N) is 10. The molecule has 0 bridgehead atoms. The number of para-hydroxylation sites is 2. The predicted molar refractivity (Wildman–Crippen MR) is 315 cm³/mol. The summed E-state index contributed by atoms with van der Waals surface area (Å²) in [4.78, 5) is 31.8. The first kappa shape index (κ1) is 69.3. The molecule has 6 rings (SSSR count). The Balaban J connectivity index is 0.000000643. The standard InChI is InChI=1S/C40H44N12O10S2.2C6H15NO3/c53-21-17-51(18-22-54)39-47-35(41-29-7-3-1-4-8-29)45-37(49-39)43-31-15-13-27(33(25-31)63(57,58)59)11-12-28-14-16-32(26-34(28)64(60,61)62)44-38-46-36(42-30-9-5-2-6-10-30)48-40(50-38)52(19-23-55)20-24-56;2*8-4-1-7(2-5-9)3-6-10/h1-16,25-26,53-56H,17-24H2,(H,57,58,59)(H,60,61,62)(H2,41,43,45,47,49)(H2,42,44,46,48,50);2*8-10H,1-6H2. The van der Waals surface area contributed by atoms with E-state index in [1.807, 2.05) is 12.1 Å². The summed E-state index contributed by atoms with van der Waals surface area (Å²) >= 11 is 0. The lowest BCUT2D eigenvalue weighted by Crippen LogP contribution is -2.32. The van der Waals surface area contributed by atoms with Gasteiger partial charge >= 0.3 is 0 Å². The predicted octanol–water partition coefficient (Wildman–Crippen LogP) is -0.193. The molecule has 4 aromatic carbocycles. The summed E-state index contributed by atoms with van der Waals surface area (Å²) in [5.41, 5.74) is 1.36. The molecule has 0 aliphatic carbocycles. The summed E-state index contributed by atoms with van der Waals surface area (Å²) < 4.78 is 71.5. The van der Waals surface area contributed by atoms with Crippen LogP contribution in [-0.2, 0) is 20.2 Å². The monoisotopic (exact) mass is 1210 g/mol. The molecule has 0 atom stereocenters. The summed E-state index contributed by atoms with van der Waals surface area (Å²) in [7, 11) is -9.82. The van der Waals surface area contributed by atoms with Crippen molar-refractivity contribution in [2.24, 2.45) is 0 Å². The van der Waals surface area contributed by atoms with Crippen molar-refractivity contribution in [2.45, 2.75) is 9.79 Å². The van der Waals surface area contributed by atoms with Crippen molar-refractivity contribution in [3.05, 3.63) is 108 Å². The first-order valence-electron chi connectivity index (χ1n) is 26.1. The van der Waals surface area contributed by atoms with Crippen LogP contribution in [0, 0.1) is 0 Å². The molecule has 0 fully saturated rings. The highest BCUT2D eigenvalue weighted by Gasteiger charge is 2.21. The molecular formula is C52H74N14O16S2. The van der Waals surface area contributed by atoms with Crippen LogP contribution in [0.4, 0.5) is 58.4 Å². The van der Waals surface area contributed by atoms with Crippen molar-refractivity contribution >= 4 is 90.8 Å². The number of aliphatic hydroxyl groups is 10. The van der Waals surface area contributed by atoms with Crippen LogP contribution < -0.4 is 31.1 Å². The van der Waals surface area contributed by atoms with Gasteiger partial charge in [0.15, 0.2) is 0 Å². The van der Waals surface area contributed by atoms with Crippen molar-refractivity contribution in [2.75, 3.05) is 163 Å². The lowest BCUT2D eigenvalue weighted by Gasteiger charge is -2.21. The third kappa shape index (κ3) is 24.2. The third-order valence-electron chi connectivity index (χ3n) is 11.4. The Hall–Kier alpha value is -7.22. The quantitative estimate of drug-likeness (QED) is 0.0184. The number of hydrogen-bond donors (Lipinski definition) is 16. The van der Waals surface area contributed by atoms with Crippen LogP contribution in [0.5, 0.6) is 0 Å². The van der Waals surface area contributed by atoms with Gasteiger partial charge in [0.05, 0.1) is 66.1 Å². The Labute approximate surface area is 486 Å². The fraction of sp³-hybridized carbons (Fsp3) is 0.385. The number of benzene rings is 4. The number of nitrogens with one attached hydrogen (secondary N) is 4. The van der Waals surface area contributed by atoms with Gasteiger partial charge in [0.1, 0.15) is 9.79 Å². The van der Waals surface area contributed by atoms with Crippen LogP contribution in [-0.4, -0.2) is 248 Å². The van der Waals surface area contributed by atoms with Gasteiger partial charge in [0.2, 0.25) is 35.7 Å². The zero-order chi connectivity index (χ0) is 61.3. The Kier molecular flexibility index (Phi) is 30.7. The molecule has 0 saturated heterocycles. The number of aromatic nitrogens is 6. The van der Waals surface area contributed by atoms with Gasteiger partial charge < -0.3 is 82.1 Å². The van der Waals surface area contributed by atoms with E-state index in [4.69, 9.17) is 30.6 Å². The first-order valence-corrected chi connectivity index (χ1v) is 29.0. The van der Waals surface area contributed by atoms with Gasteiger partial charge in [-0.25, -0.2) is 0 Å². The van der Waals surface area contributed by atoms with Crippen molar-refractivity contribution < 1.29 is 77.0 Å². The summed E-state index contributed by atoms with van der Waals surface area (Å²) in [5, 5.41) is 101. The molecule has 0 spiro atoms. The highest BCUT2D eigenvalue weighted by atomic mass is 32.2. The molecule has 32 heteroatoms. The van der Waals surface area contributed by atoms with Crippen LogP contribution in [0.1, 0.15) is 11.1 Å². The molecule has 0 unspecified atom stereocenters. The topological polar surface area (TPSA) is 449 Å². The third-order valence-corrected chi connectivity index (χ3v) is 13.2. The van der Waals surface area contributed by atoms with Gasteiger partial charge in [0.25, 0.3) is 20.2 Å². The molecule has 0 aliphatic heterocycles. The average molecular weight is 1220 g/mol. The number of hydrogen-bond acceptors (Lipinski definition) is 28. The van der Waals surface area contributed by atoms with E-state index in [0.29, 0.717) is 50.6 Å². The Morgan fingerprint density at radius 3 is 0.857 bits per heavy atom. The van der Waals surface area contributed by atoms with Gasteiger partial charge in [-0.05, 0) is 59.7 Å². The van der Waals surface area contributed by atoms with E-state index in [2.05, 4.69) is 51.2 Å². The number of rotatable bonds is 34. The fourth-order valence-corrected chi connectivity index (χ4v) is 8.97. The normalized spacial score (nSPS) is 11.5. The zero-order valence-electron chi connectivity index (χ0n) is 45.8. The van der Waals surface area contributed by atoms with Gasteiger partial charge in [-0.2, -0.15) is 46.7 Å². The zero-order valence-corrected chi connectivity index (χ0v) is 47.5. The minimum atomic E-state index is -4.91. The smallest absolute Gasteiger partial charge is 0.295 e. The van der Waals surface area contributed by atoms with Crippen molar-refractivity contribution in [1.82, 2.24) is 39.7 Å². The summed E-state index contributed by atoms with van der Waals surface area (Å²) in [6.07, 6.45) is 2.45. The second kappa shape index (κ2) is 37.2. The fourth-order valence-electron chi connectivity index (χ4n) is 7.55. The molecule has 460 valence electrons. The SMILES string of the molecule is O=S(=O)(O)c1cc(Nc2nc(Nc3ccccc3)nc(N(CCO)CCO)n2)ccc1C=Cc1ccc(Nc2nc(Nc3ccccc3)nc(N(CCO)CCO)n2)cc1S(=O)(=O)O.OCCN(CCO)CCO.OCCN(CCO)CCO. The van der Waals surface area contributed by atoms with Crippen LogP contribution in [0.2, 0.25) is 0 Å². The van der Waals surface area contributed by atoms with Gasteiger partial charge in [-0.15, -0.1) is 0 Å². The van der Waals surface area contributed by atoms with Crippen molar-refractivity contribution in [3.8, 4) is 0 Å². The maximum atomic E-state index is 12.7. The lowest BCUT2D eigenvalue weighted by atomic mass is 10.1. The van der Waals surface area contributed by atoms with E-state index in [9.17, 15) is 46.4 Å². The Morgan fingerprint density at radius 2 is 0.607 bits per heavy atom. The minimum Gasteiger partial charge on any atom is -0.395 e. The summed E-state index contributed by atoms with van der Waals surface area (Å²) in [6, 6.07) is 25.7. The average Bonchev–Trinajstić information content (AvgIpc) is 3.58. The van der Waals surface area contributed by atoms with Gasteiger partial charge in [-0.3, -0.25) is 18.9 Å². The summed E-state index contributed by atoms with van der Waals surface area (Å²) in [6.45, 7) is 2.71. The molecule has 0 radical (unpaired) electrons. The highest BCUT2D eigenvalue weighted by molar-refractivity contribution is 7.86. The highest BCUT2D eigenvalue weighted by Crippen LogP contribution is 2.29. The van der Waals surface area contributed by atoms with Gasteiger partial charge in [0, 0.05) is 88.2 Å². The van der Waals surface area contributed by atoms with E-state index in [1.165, 1.54) is 46.2 Å². The maximum Gasteiger partial charge on any atom is 0.295 e. The molecule has 30 nitrogen and oxygen atoms in total. The Bertz CT molecular complexity index is 2880. The molecule has 6 aromatic rings. The van der Waals surface area contributed by atoms with E-state index in [1.54, 1.807) is 58.3 Å². The Morgan fingerprint density at radius 1 is 0.345 bits per heavy atom. The van der Waals surface area contributed by atoms with Gasteiger partial charge in [-0.1, -0.05) is 60.7 Å². The van der Waals surface area contributed by atoms with Crippen LogP contribution >= 0.6 is 0 Å². The molecule has 2 heterocycles. The lowest BCUT2D eigenvalue weighted by molar-refractivity contribution is 0.136. The summed E-state index contributed by atoms with van der Waals surface area (Å²) in [5.74, 6) is 0.187. The molecule has 0 aliphatic rings. The largest absolute Gasteiger partial charge is 0.395 e. The second-order valence-corrected chi connectivity index (χ2v) is 20.3. The molecule has 84 heavy (non-hydrogen) atoms. The van der Waals surface area contributed by atoms with Crippen LogP contribution in [0.3, 0.4) is 0 Å². The number of aliphatic hydroxyl groups excluding tert-OH is 10. The minimum absolute atomic E-state index is 0.0647. The van der Waals surface area contributed by atoms with Crippen molar-refractivity contribution in [3.63, 3.8) is 0 Å². The van der Waals surface area contributed by atoms with E-state index in [-0.39, 0.29) is 150 Å². The molecular weight excluding hydrogens is 1140 g/mol. The second-order valence-electron chi connectivity index (χ2n) is 17.5. The number of anilines is 10. The van der Waals surface area contributed by atoms with Crippen LogP contribution in [0.25, 0.3) is 12.2 Å². The molecule has 16 N–H and O–H groups in total. The van der Waals surface area contributed by atoms with E-state index >= 15 is 0 Å². The van der Waals surface area contributed by atoms with E-state index in [0.717, 1.165) is 12.1 Å². The van der Waals surface area contributed by atoms with Crippen LogP contribution in [0.15, 0.2) is 107 Å². The molecule has 0 saturated carbocycles. The first-order chi connectivity index (χ1) is 40.4. The van der Waals surface area contributed by atoms with E-state index < -0.39 is 30.0 Å².